The van der Waals surface area contributed by atoms with Gasteiger partial charge in [-0.2, -0.15) is 0 Å². The second-order valence-corrected chi connectivity index (χ2v) is 9.95. The first-order valence-corrected chi connectivity index (χ1v) is 11.8. The van der Waals surface area contributed by atoms with Gasteiger partial charge in [-0.05, 0) is 50.2 Å². The van der Waals surface area contributed by atoms with Gasteiger partial charge < -0.3 is 14.7 Å². The molecule has 0 radical (unpaired) electrons. The summed E-state index contributed by atoms with van der Waals surface area (Å²) in [6.45, 7) is 8.87. The van der Waals surface area contributed by atoms with Crippen LogP contribution in [0.25, 0.3) is 0 Å². The molecule has 0 amide bonds. The van der Waals surface area contributed by atoms with Crippen LogP contribution in [-0.4, -0.2) is 36.9 Å². The molecule has 30 heavy (non-hydrogen) atoms. The van der Waals surface area contributed by atoms with Gasteiger partial charge >= 0.3 is 0 Å². The molecule has 0 saturated carbocycles. The molecule has 2 aromatic carbocycles. The van der Waals surface area contributed by atoms with Crippen molar-refractivity contribution in [1.29, 1.82) is 0 Å². The molecule has 3 nitrogen and oxygen atoms in total. The van der Waals surface area contributed by atoms with Crippen LogP contribution in [0.3, 0.4) is 0 Å². The number of ether oxygens (including phenoxy) is 1. The van der Waals surface area contributed by atoms with E-state index in [9.17, 15) is 5.11 Å². The highest BCUT2D eigenvalue weighted by Gasteiger charge is 2.46. The Morgan fingerprint density at radius 1 is 1.00 bits per heavy atom. The van der Waals surface area contributed by atoms with Gasteiger partial charge in [0.15, 0.2) is 0 Å². The van der Waals surface area contributed by atoms with Gasteiger partial charge in [-0.1, -0.05) is 67.6 Å². The minimum Gasteiger partial charge on any atom is -0.380 e. The number of piperidine rings is 1. The molecule has 0 aromatic heterocycles. The summed E-state index contributed by atoms with van der Waals surface area (Å²) in [6, 6.07) is 20.4. The van der Waals surface area contributed by atoms with Gasteiger partial charge in [-0.25, -0.2) is 0 Å². The van der Waals surface area contributed by atoms with Gasteiger partial charge in [0.2, 0.25) is 0 Å². The molecule has 2 saturated heterocycles. The van der Waals surface area contributed by atoms with E-state index in [1.807, 2.05) is 36.4 Å². The minimum absolute atomic E-state index is 0.0372. The molecule has 2 aliphatic rings. The summed E-state index contributed by atoms with van der Waals surface area (Å²) in [7, 11) is 0. The van der Waals surface area contributed by atoms with Gasteiger partial charge in [0.25, 0.3) is 0 Å². The van der Waals surface area contributed by atoms with Crippen LogP contribution in [0.15, 0.2) is 60.7 Å². The zero-order valence-electron chi connectivity index (χ0n) is 18.7. The van der Waals surface area contributed by atoms with E-state index < -0.39 is 5.60 Å². The number of benzene rings is 2. The van der Waals surface area contributed by atoms with Crippen LogP contribution in [-0.2, 0) is 10.3 Å². The fourth-order valence-electron chi connectivity index (χ4n) is 5.91. The molecule has 2 heterocycles. The Kier molecular flexibility index (Phi) is 6.34. The standard InChI is InChI=1S/C27H37NO2/c1-3-25(2)21-26(17-20-30-25)15-10-18-28(22-26)19-16-27(29,23-11-6-4-7-12-23)24-13-8-5-9-14-24/h4-9,11-14,29H,3,10,15-22H2,1-2H3/p+1. The molecule has 3 atom stereocenters. The second kappa shape index (κ2) is 8.82. The largest absolute Gasteiger partial charge is 0.380 e. The first kappa shape index (κ1) is 21.5. The van der Waals surface area contributed by atoms with E-state index in [4.69, 9.17) is 4.74 Å². The number of rotatable bonds is 6. The molecule has 3 unspecified atom stereocenters. The summed E-state index contributed by atoms with van der Waals surface area (Å²) in [5.74, 6) is 0. The lowest BCUT2D eigenvalue weighted by Crippen LogP contribution is -3.14. The minimum atomic E-state index is -0.937. The van der Waals surface area contributed by atoms with E-state index in [1.54, 1.807) is 4.90 Å². The highest BCUT2D eigenvalue weighted by Crippen LogP contribution is 2.43. The molecular formula is C27H38NO2+. The summed E-state index contributed by atoms with van der Waals surface area (Å²) in [5, 5.41) is 11.9. The quantitative estimate of drug-likeness (QED) is 0.759. The van der Waals surface area contributed by atoms with Crippen LogP contribution in [0, 0.1) is 5.41 Å². The third kappa shape index (κ3) is 4.49. The highest BCUT2D eigenvalue weighted by molar-refractivity contribution is 5.35. The molecule has 1 spiro atoms. The van der Waals surface area contributed by atoms with E-state index in [0.717, 1.165) is 37.1 Å². The van der Waals surface area contributed by atoms with Crippen LogP contribution < -0.4 is 4.90 Å². The first-order chi connectivity index (χ1) is 14.5. The average Bonchev–Trinajstić information content (AvgIpc) is 2.79. The molecule has 0 bridgehead atoms. The Morgan fingerprint density at radius 3 is 2.23 bits per heavy atom. The number of likely N-dealkylation sites (tertiary alicyclic amines) is 1. The van der Waals surface area contributed by atoms with Crippen molar-refractivity contribution in [3.8, 4) is 0 Å². The number of aliphatic hydroxyl groups is 1. The van der Waals surface area contributed by atoms with Gasteiger partial charge in [0, 0.05) is 18.4 Å². The Bertz CT molecular complexity index is 765. The van der Waals surface area contributed by atoms with Crippen LogP contribution in [0.5, 0.6) is 0 Å². The topological polar surface area (TPSA) is 33.9 Å². The van der Waals surface area contributed by atoms with Crippen molar-refractivity contribution in [3.05, 3.63) is 71.8 Å². The molecule has 162 valence electrons. The summed E-state index contributed by atoms with van der Waals surface area (Å²) in [4.78, 5) is 1.65. The van der Waals surface area contributed by atoms with Crippen molar-refractivity contribution in [2.45, 2.75) is 63.6 Å². The summed E-state index contributed by atoms with van der Waals surface area (Å²) < 4.78 is 6.16. The van der Waals surface area contributed by atoms with Crippen LogP contribution >= 0.6 is 0 Å². The van der Waals surface area contributed by atoms with Gasteiger partial charge in [0.1, 0.15) is 5.60 Å². The molecule has 3 heteroatoms. The third-order valence-corrected chi connectivity index (χ3v) is 7.79. The maximum atomic E-state index is 11.9. The molecule has 2 fully saturated rings. The summed E-state index contributed by atoms with van der Waals surface area (Å²) in [5.41, 5.74) is 1.50. The molecule has 2 N–H and O–H groups in total. The zero-order valence-corrected chi connectivity index (χ0v) is 18.7. The zero-order chi connectivity index (χ0) is 21.1. The van der Waals surface area contributed by atoms with Crippen molar-refractivity contribution < 1.29 is 14.7 Å². The Hall–Kier alpha value is -1.68. The lowest BCUT2D eigenvalue weighted by atomic mass is 9.68. The fourth-order valence-corrected chi connectivity index (χ4v) is 5.91. The number of hydrogen-bond donors (Lipinski definition) is 2. The van der Waals surface area contributed by atoms with Crippen molar-refractivity contribution >= 4 is 0 Å². The summed E-state index contributed by atoms with van der Waals surface area (Å²) >= 11 is 0. The van der Waals surface area contributed by atoms with Crippen molar-refractivity contribution in [1.82, 2.24) is 0 Å². The normalized spacial score (nSPS) is 29.8. The van der Waals surface area contributed by atoms with Crippen molar-refractivity contribution in [2.24, 2.45) is 5.41 Å². The second-order valence-electron chi connectivity index (χ2n) is 9.95. The van der Waals surface area contributed by atoms with Gasteiger partial charge in [-0.3, -0.25) is 0 Å². The Morgan fingerprint density at radius 2 is 1.63 bits per heavy atom. The van der Waals surface area contributed by atoms with E-state index >= 15 is 0 Å². The predicted molar refractivity (Wildman–Crippen MR) is 122 cm³/mol. The third-order valence-electron chi connectivity index (χ3n) is 7.79. The van der Waals surface area contributed by atoms with E-state index in [1.165, 1.54) is 38.8 Å². The van der Waals surface area contributed by atoms with Crippen molar-refractivity contribution in [2.75, 3.05) is 26.2 Å². The lowest BCUT2D eigenvalue weighted by Gasteiger charge is -2.49. The van der Waals surface area contributed by atoms with Crippen LogP contribution in [0.2, 0.25) is 0 Å². The number of hydrogen-bond acceptors (Lipinski definition) is 2. The molecular weight excluding hydrogens is 370 g/mol. The number of nitrogens with one attached hydrogen (secondary N) is 1. The van der Waals surface area contributed by atoms with Gasteiger partial charge in [0.05, 0.1) is 25.2 Å². The lowest BCUT2D eigenvalue weighted by molar-refractivity contribution is -0.914. The molecule has 2 aromatic rings. The van der Waals surface area contributed by atoms with E-state index in [-0.39, 0.29) is 5.60 Å². The van der Waals surface area contributed by atoms with Crippen LogP contribution in [0.4, 0.5) is 0 Å². The van der Waals surface area contributed by atoms with Gasteiger partial charge in [-0.15, -0.1) is 0 Å². The molecule has 0 aliphatic carbocycles. The smallest absolute Gasteiger partial charge is 0.120 e. The SMILES string of the molecule is CCC1(C)CC2(CCC[NH+](CCC(O)(c3ccccc3)c3ccccc3)C2)CCO1. The fraction of sp³-hybridized carbons (Fsp3) is 0.556. The Balaban J connectivity index is 1.50. The average molecular weight is 409 g/mol. The molecule has 2 aliphatic heterocycles. The number of quaternary nitrogens is 1. The first-order valence-electron chi connectivity index (χ1n) is 11.8. The van der Waals surface area contributed by atoms with Crippen LogP contribution in [0.1, 0.15) is 63.5 Å². The predicted octanol–water partition coefficient (Wildman–Crippen LogP) is 3.96. The van der Waals surface area contributed by atoms with E-state index in [0.29, 0.717) is 5.41 Å². The van der Waals surface area contributed by atoms with Crippen molar-refractivity contribution in [3.63, 3.8) is 0 Å². The maximum Gasteiger partial charge on any atom is 0.120 e. The Labute approximate surface area is 182 Å². The monoisotopic (exact) mass is 408 g/mol. The van der Waals surface area contributed by atoms with E-state index in [2.05, 4.69) is 38.1 Å². The maximum absolute atomic E-state index is 11.9. The summed E-state index contributed by atoms with van der Waals surface area (Å²) in [6.07, 6.45) is 6.82. The highest BCUT2D eigenvalue weighted by atomic mass is 16.5. The molecule has 4 rings (SSSR count).